The molecule has 1 unspecified atom stereocenters. The lowest BCUT2D eigenvalue weighted by Gasteiger charge is -2.13. The van der Waals surface area contributed by atoms with E-state index in [1.54, 1.807) is 18.3 Å². The number of nitrogens with zero attached hydrogens (tertiary/aromatic N) is 2. The van der Waals surface area contributed by atoms with E-state index in [0.717, 1.165) is 5.69 Å². The van der Waals surface area contributed by atoms with Gasteiger partial charge >= 0.3 is 0 Å². The molecule has 0 spiro atoms. The van der Waals surface area contributed by atoms with Crippen LogP contribution in [0.2, 0.25) is 0 Å². The fourth-order valence-corrected chi connectivity index (χ4v) is 1.95. The number of rotatable bonds is 4. The third kappa shape index (κ3) is 2.67. The normalized spacial score (nSPS) is 12.1. The molecule has 1 atom stereocenters. The summed E-state index contributed by atoms with van der Waals surface area (Å²) in [6.07, 6.45) is 1.64. The largest absolute Gasteiger partial charge is 0.371 e. The molecule has 0 bridgehead atoms. The first kappa shape index (κ1) is 12.6. The topological polar surface area (TPSA) is 83.8 Å². The van der Waals surface area contributed by atoms with Gasteiger partial charge in [-0.15, -0.1) is 0 Å². The number of nitrogens with one attached hydrogen (secondary N) is 2. The Balaban J connectivity index is 2.26. The maximum absolute atomic E-state index is 11.0. The standard InChI is InChI=1S/C11H11BrN4O2/c1-7(9-4-5-13-15-9)14-10-3-2-8(12)6-11(10)16(17)18/h2-7,14H,1H3,(H,13,15). The van der Waals surface area contributed by atoms with E-state index < -0.39 is 4.92 Å². The maximum Gasteiger partial charge on any atom is 0.293 e. The molecule has 0 radical (unpaired) electrons. The number of aromatic amines is 1. The minimum Gasteiger partial charge on any atom is -0.371 e. The highest BCUT2D eigenvalue weighted by atomic mass is 79.9. The number of nitro benzene ring substituents is 1. The van der Waals surface area contributed by atoms with Crippen molar-refractivity contribution in [3.8, 4) is 0 Å². The molecule has 1 heterocycles. The summed E-state index contributed by atoms with van der Waals surface area (Å²) in [4.78, 5) is 10.6. The molecule has 0 fully saturated rings. The van der Waals surface area contributed by atoms with Gasteiger partial charge in [0.1, 0.15) is 5.69 Å². The van der Waals surface area contributed by atoms with Crippen molar-refractivity contribution < 1.29 is 4.92 Å². The van der Waals surface area contributed by atoms with Crippen LogP contribution in [0.1, 0.15) is 18.7 Å². The number of benzene rings is 1. The SMILES string of the molecule is CC(Nc1ccc(Br)cc1[N+](=O)[O-])c1ccn[nH]1. The minimum absolute atomic E-state index is 0.0377. The Morgan fingerprint density at radius 3 is 2.89 bits per heavy atom. The van der Waals surface area contributed by atoms with E-state index in [1.165, 1.54) is 6.07 Å². The van der Waals surface area contributed by atoms with Crippen LogP contribution >= 0.6 is 15.9 Å². The predicted octanol–water partition coefficient (Wildman–Crippen LogP) is 3.25. The Bertz CT molecular complexity index is 556. The van der Waals surface area contributed by atoms with Gasteiger partial charge in [0.15, 0.2) is 0 Å². The lowest BCUT2D eigenvalue weighted by atomic mass is 10.2. The van der Waals surface area contributed by atoms with Gasteiger partial charge in [0.25, 0.3) is 5.69 Å². The minimum atomic E-state index is -0.410. The lowest BCUT2D eigenvalue weighted by Crippen LogP contribution is -2.08. The van der Waals surface area contributed by atoms with Crippen molar-refractivity contribution in [2.45, 2.75) is 13.0 Å². The number of hydrogen-bond donors (Lipinski definition) is 2. The van der Waals surface area contributed by atoms with Gasteiger partial charge in [-0.05, 0) is 25.1 Å². The highest BCUT2D eigenvalue weighted by Gasteiger charge is 2.16. The molecular formula is C11H11BrN4O2. The molecule has 0 amide bonds. The van der Waals surface area contributed by atoms with Crippen molar-refractivity contribution in [2.24, 2.45) is 0 Å². The predicted molar refractivity (Wildman–Crippen MR) is 71.4 cm³/mol. The van der Waals surface area contributed by atoms with Crippen molar-refractivity contribution >= 4 is 27.3 Å². The Morgan fingerprint density at radius 2 is 2.28 bits per heavy atom. The van der Waals surface area contributed by atoms with Crippen LogP contribution in [-0.4, -0.2) is 15.1 Å². The van der Waals surface area contributed by atoms with Gasteiger partial charge in [-0.25, -0.2) is 0 Å². The highest BCUT2D eigenvalue weighted by Crippen LogP contribution is 2.30. The zero-order valence-electron chi connectivity index (χ0n) is 9.55. The third-order valence-electron chi connectivity index (χ3n) is 2.52. The zero-order chi connectivity index (χ0) is 13.1. The third-order valence-corrected chi connectivity index (χ3v) is 3.01. The molecule has 6 nitrogen and oxygen atoms in total. The van der Waals surface area contributed by atoms with E-state index in [0.29, 0.717) is 10.2 Å². The zero-order valence-corrected chi connectivity index (χ0v) is 11.1. The van der Waals surface area contributed by atoms with Crippen LogP contribution in [0.3, 0.4) is 0 Å². The number of halogens is 1. The molecule has 18 heavy (non-hydrogen) atoms. The van der Waals surface area contributed by atoms with Gasteiger partial charge in [0.05, 0.1) is 16.7 Å². The second-order valence-corrected chi connectivity index (χ2v) is 4.71. The van der Waals surface area contributed by atoms with E-state index in [4.69, 9.17) is 0 Å². The number of anilines is 1. The van der Waals surface area contributed by atoms with Gasteiger partial charge in [-0.1, -0.05) is 15.9 Å². The molecule has 2 N–H and O–H groups in total. The molecule has 7 heteroatoms. The molecule has 94 valence electrons. The summed E-state index contributed by atoms with van der Waals surface area (Å²) in [6.45, 7) is 1.90. The summed E-state index contributed by atoms with van der Waals surface area (Å²) in [5, 5.41) is 20.7. The molecule has 0 saturated carbocycles. The van der Waals surface area contributed by atoms with Crippen molar-refractivity contribution in [2.75, 3.05) is 5.32 Å². The number of hydrogen-bond acceptors (Lipinski definition) is 4. The molecule has 0 aliphatic rings. The molecule has 1 aromatic carbocycles. The van der Waals surface area contributed by atoms with Crippen molar-refractivity contribution in [3.63, 3.8) is 0 Å². The van der Waals surface area contributed by atoms with E-state index in [2.05, 4.69) is 31.4 Å². The average molecular weight is 311 g/mol. The van der Waals surface area contributed by atoms with Gasteiger partial charge in [0, 0.05) is 16.7 Å². The van der Waals surface area contributed by atoms with E-state index >= 15 is 0 Å². The van der Waals surface area contributed by atoms with Crippen LogP contribution in [0.4, 0.5) is 11.4 Å². The monoisotopic (exact) mass is 310 g/mol. The molecule has 2 aromatic rings. The van der Waals surface area contributed by atoms with E-state index in [1.807, 2.05) is 13.0 Å². The Morgan fingerprint density at radius 1 is 1.50 bits per heavy atom. The lowest BCUT2D eigenvalue weighted by molar-refractivity contribution is -0.384. The van der Waals surface area contributed by atoms with Gasteiger partial charge < -0.3 is 5.32 Å². The fourth-order valence-electron chi connectivity index (χ4n) is 1.60. The van der Waals surface area contributed by atoms with Gasteiger partial charge in [0.2, 0.25) is 0 Å². The first-order valence-corrected chi connectivity index (χ1v) is 6.07. The molecule has 0 aliphatic heterocycles. The van der Waals surface area contributed by atoms with Crippen LogP contribution in [-0.2, 0) is 0 Å². The van der Waals surface area contributed by atoms with Crippen molar-refractivity contribution in [1.29, 1.82) is 0 Å². The Labute approximate surface area is 112 Å². The Kier molecular flexibility index (Phi) is 3.61. The first-order chi connectivity index (χ1) is 8.58. The molecule has 2 rings (SSSR count). The maximum atomic E-state index is 11.0. The van der Waals surface area contributed by atoms with Crippen LogP contribution in [0.15, 0.2) is 34.9 Å². The van der Waals surface area contributed by atoms with E-state index in [9.17, 15) is 10.1 Å². The molecule has 0 aliphatic carbocycles. The number of aromatic nitrogens is 2. The molecule has 0 saturated heterocycles. The number of H-pyrrole nitrogens is 1. The number of nitro groups is 1. The summed E-state index contributed by atoms with van der Waals surface area (Å²) in [5.41, 5.74) is 1.38. The first-order valence-electron chi connectivity index (χ1n) is 5.27. The van der Waals surface area contributed by atoms with Crippen LogP contribution in [0.25, 0.3) is 0 Å². The second kappa shape index (κ2) is 5.18. The average Bonchev–Trinajstić information content (AvgIpc) is 2.84. The quantitative estimate of drug-likeness (QED) is 0.670. The fraction of sp³-hybridized carbons (Fsp3) is 0.182. The van der Waals surface area contributed by atoms with Crippen LogP contribution in [0, 0.1) is 10.1 Å². The van der Waals surface area contributed by atoms with Crippen LogP contribution in [0.5, 0.6) is 0 Å². The highest BCUT2D eigenvalue weighted by molar-refractivity contribution is 9.10. The van der Waals surface area contributed by atoms with E-state index in [-0.39, 0.29) is 11.7 Å². The van der Waals surface area contributed by atoms with Crippen molar-refractivity contribution in [1.82, 2.24) is 10.2 Å². The summed E-state index contributed by atoms with van der Waals surface area (Å²) >= 11 is 3.22. The van der Waals surface area contributed by atoms with Crippen molar-refractivity contribution in [3.05, 3.63) is 50.7 Å². The summed E-state index contributed by atoms with van der Waals surface area (Å²) in [5.74, 6) is 0. The second-order valence-electron chi connectivity index (χ2n) is 3.80. The molecular weight excluding hydrogens is 300 g/mol. The molecule has 1 aromatic heterocycles. The Hall–Kier alpha value is -1.89. The van der Waals surface area contributed by atoms with Crippen LogP contribution < -0.4 is 5.32 Å². The van der Waals surface area contributed by atoms with Gasteiger partial charge in [-0.3, -0.25) is 15.2 Å². The summed E-state index contributed by atoms with van der Waals surface area (Å²) < 4.78 is 0.675. The smallest absolute Gasteiger partial charge is 0.293 e. The summed E-state index contributed by atoms with van der Waals surface area (Å²) in [7, 11) is 0. The van der Waals surface area contributed by atoms with Gasteiger partial charge in [-0.2, -0.15) is 5.10 Å². The summed E-state index contributed by atoms with van der Waals surface area (Å²) in [6, 6.07) is 6.64.